The van der Waals surface area contributed by atoms with Gasteiger partial charge in [-0.05, 0) is 122 Å². The molecule has 3 aromatic rings. The van der Waals surface area contributed by atoms with Crippen LogP contribution in [0.4, 0.5) is 4.39 Å². The summed E-state index contributed by atoms with van der Waals surface area (Å²) in [5, 5.41) is 0. The minimum Gasteiger partial charge on any atom is -0.489 e. The second kappa shape index (κ2) is 9.75. The second-order valence-corrected chi connectivity index (χ2v) is 11.4. The van der Waals surface area contributed by atoms with Gasteiger partial charge in [0.15, 0.2) is 0 Å². The summed E-state index contributed by atoms with van der Waals surface area (Å²) in [4.78, 5) is 0. The fourth-order valence-electron chi connectivity index (χ4n) is 5.99. The molecule has 0 radical (unpaired) electrons. The lowest BCUT2D eigenvalue weighted by atomic mass is 9.90. The zero-order valence-corrected chi connectivity index (χ0v) is 22.2. The Bertz CT molecular complexity index is 1250. The number of ether oxygens (including phenoxy) is 2. The number of hydrogen-bond acceptors (Lipinski definition) is 4. The van der Waals surface area contributed by atoms with Gasteiger partial charge in [-0.25, -0.2) is 8.70 Å². The fraction of sp³-hybridized carbons (Fsp3) is 0.419. The van der Waals surface area contributed by atoms with E-state index in [0.717, 1.165) is 66.5 Å². The summed E-state index contributed by atoms with van der Waals surface area (Å²) < 4.78 is 30.2. The molecule has 3 aliphatic rings. The molecule has 2 aliphatic carbocycles. The topological polar surface area (TPSA) is 21.7 Å². The van der Waals surface area contributed by atoms with Crippen molar-refractivity contribution < 1.29 is 13.9 Å². The van der Waals surface area contributed by atoms with Gasteiger partial charge < -0.3 is 9.47 Å². The summed E-state index contributed by atoms with van der Waals surface area (Å²) in [6.07, 6.45) is 7.33. The van der Waals surface area contributed by atoms with Crippen molar-refractivity contribution in [2.45, 2.75) is 64.1 Å². The minimum absolute atomic E-state index is 0.166. The lowest BCUT2D eigenvalue weighted by Crippen LogP contribution is -2.20. The fourth-order valence-corrected chi connectivity index (χ4v) is 6.60. The van der Waals surface area contributed by atoms with E-state index in [1.165, 1.54) is 35.1 Å². The zero-order valence-electron chi connectivity index (χ0n) is 21.4. The molecule has 2 unspecified atom stereocenters. The third-order valence-corrected chi connectivity index (χ3v) is 8.78. The Morgan fingerprint density at radius 3 is 2.31 bits per heavy atom. The Balaban J connectivity index is 1.26. The SMILES string of the molecule is CSN1CCC(Oc2cc(C)c(-c3ccc(F)c4c3CCC4Oc3ccc(C4CC4)cc3)c(C)c2)C1. The molecular formula is C31H34FNO2S. The molecule has 0 aromatic heterocycles. The van der Waals surface area contributed by atoms with Gasteiger partial charge in [0.2, 0.25) is 0 Å². The summed E-state index contributed by atoms with van der Waals surface area (Å²) in [5.74, 6) is 2.30. The molecule has 3 nitrogen and oxygen atoms in total. The minimum atomic E-state index is -0.253. The summed E-state index contributed by atoms with van der Waals surface area (Å²) in [7, 11) is 0. The average molecular weight is 504 g/mol. The first-order valence-electron chi connectivity index (χ1n) is 13.2. The first kappa shape index (κ1) is 23.9. The average Bonchev–Trinajstić information content (AvgIpc) is 3.47. The molecule has 1 saturated carbocycles. The van der Waals surface area contributed by atoms with Crippen molar-refractivity contribution in [1.82, 2.24) is 4.31 Å². The van der Waals surface area contributed by atoms with Crippen molar-refractivity contribution in [3.63, 3.8) is 0 Å². The number of halogens is 1. The van der Waals surface area contributed by atoms with Gasteiger partial charge in [0.1, 0.15) is 29.5 Å². The van der Waals surface area contributed by atoms with Crippen LogP contribution in [0.2, 0.25) is 0 Å². The molecule has 0 N–H and O–H groups in total. The lowest BCUT2D eigenvalue weighted by Gasteiger charge is -2.20. The molecule has 1 aliphatic heterocycles. The van der Waals surface area contributed by atoms with E-state index in [0.29, 0.717) is 0 Å². The van der Waals surface area contributed by atoms with E-state index in [4.69, 9.17) is 9.47 Å². The van der Waals surface area contributed by atoms with Gasteiger partial charge in [-0.15, -0.1) is 0 Å². The lowest BCUT2D eigenvalue weighted by molar-refractivity contribution is 0.203. The molecule has 188 valence electrons. The Hall–Kier alpha value is -2.50. The third-order valence-electron chi connectivity index (χ3n) is 7.93. The third kappa shape index (κ3) is 4.64. The summed E-state index contributed by atoms with van der Waals surface area (Å²) in [6.45, 7) is 6.30. The predicted octanol–water partition coefficient (Wildman–Crippen LogP) is 7.78. The largest absolute Gasteiger partial charge is 0.489 e. The van der Waals surface area contributed by atoms with Crippen molar-refractivity contribution >= 4 is 11.9 Å². The Morgan fingerprint density at radius 2 is 1.64 bits per heavy atom. The Morgan fingerprint density at radius 1 is 0.889 bits per heavy atom. The van der Waals surface area contributed by atoms with E-state index < -0.39 is 0 Å². The van der Waals surface area contributed by atoms with Crippen molar-refractivity contribution in [3.8, 4) is 22.6 Å². The standard InChI is InChI=1S/C31H34FNO2S/c1-19-16-25(34-24-14-15-33(18-24)36-3)17-20(2)30(19)26-10-12-28(32)31-27(26)11-13-29(31)35-23-8-6-22(7-9-23)21-4-5-21/h6-10,12,16-17,21,24,29H,4-5,11,13-15,18H2,1-3H3. The highest BCUT2D eigenvalue weighted by Gasteiger charge is 2.31. The summed E-state index contributed by atoms with van der Waals surface area (Å²) in [5.41, 5.74) is 7.83. The first-order chi connectivity index (χ1) is 17.5. The van der Waals surface area contributed by atoms with Crippen LogP contribution >= 0.6 is 11.9 Å². The first-order valence-corrected chi connectivity index (χ1v) is 14.3. The van der Waals surface area contributed by atoms with E-state index in [1.807, 2.05) is 18.2 Å². The van der Waals surface area contributed by atoms with E-state index in [2.05, 4.69) is 48.7 Å². The summed E-state index contributed by atoms with van der Waals surface area (Å²) >= 11 is 1.78. The van der Waals surface area contributed by atoms with Crippen LogP contribution in [0.3, 0.4) is 0 Å². The van der Waals surface area contributed by atoms with Crippen LogP contribution in [0.15, 0.2) is 48.5 Å². The van der Waals surface area contributed by atoms with Gasteiger partial charge in [0, 0.05) is 18.7 Å². The normalized spacial score (nSPS) is 21.6. The van der Waals surface area contributed by atoms with Crippen molar-refractivity contribution in [3.05, 3.63) is 82.2 Å². The molecule has 0 bridgehead atoms. The van der Waals surface area contributed by atoms with Crippen LogP contribution in [0, 0.1) is 19.7 Å². The van der Waals surface area contributed by atoms with E-state index in [-0.39, 0.29) is 18.0 Å². The Kier molecular flexibility index (Phi) is 6.47. The van der Waals surface area contributed by atoms with Crippen LogP contribution in [-0.2, 0) is 6.42 Å². The molecule has 0 spiro atoms. The number of fused-ring (bicyclic) bond motifs is 1. The van der Waals surface area contributed by atoms with Crippen LogP contribution < -0.4 is 9.47 Å². The van der Waals surface area contributed by atoms with Gasteiger partial charge in [0.25, 0.3) is 0 Å². The van der Waals surface area contributed by atoms with E-state index in [9.17, 15) is 0 Å². The number of nitrogens with zero attached hydrogens (tertiary/aromatic N) is 1. The van der Waals surface area contributed by atoms with Crippen molar-refractivity contribution in [2.24, 2.45) is 0 Å². The number of hydrogen-bond donors (Lipinski definition) is 0. The maximum atomic E-state index is 15.2. The van der Waals surface area contributed by atoms with Crippen LogP contribution in [0.5, 0.6) is 11.5 Å². The molecule has 0 amide bonds. The quantitative estimate of drug-likeness (QED) is 0.307. The van der Waals surface area contributed by atoms with Gasteiger partial charge in [-0.1, -0.05) is 30.1 Å². The molecule has 1 heterocycles. The van der Waals surface area contributed by atoms with Crippen LogP contribution in [0.1, 0.15) is 65.5 Å². The highest BCUT2D eigenvalue weighted by molar-refractivity contribution is 7.96. The highest BCUT2D eigenvalue weighted by Crippen LogP contribution is 2.45. The van der Waals surface area contributed by atoms with Gasteiger partial charge in [0.05, 0.1) is 0 Å². The smallest absolute Gasteiger partial charge is 0.130 e. The van der Waals surface area contributed by atoms with Crippen molar-refractivity contribution in [1.29, 1.82) is 0 Å². The van der Waals surface area contributed by atoms with Gasteiger partial charge in [-0.2, -0.15) is 0 Å². The van der Waals surface area contributed by atoms with E-state index >= 15 is 4.39 Å². The second-order valence-electron chi connectivity index (χ2n) is 10.5. The molecule has 1 saturated heterocycles. The van der Waals surface area contributed by atoms with Crippen molar-refractivity contribution in [2.75, 3.05) is 19.3 Å². The molecule has 2 fully saturated rings. The van der Waals surface area contributed by atoms with E-state index in [1.54, 1.807) is 18.0 Å². The molecule has 5 heteroatoms. The number of aryl methyl sites for hydroxylation is 2. The predicted molar refractivity (Wildman–Crippen MR) is 146 cm³/mol. The highest BCUT2D eigenvalue weighted by atomic mass is 32.2. The maximum absolute atomic E-state index is 15.2. The van der Waals surface area contributed by atoms with Crippen LogP contribution in [0.25, 0.3) is 11.1 Å². The Labute approximate surface area is 218 Å². The molecule has 6 rings (SSSR count). The molecular weight excluding hydrogens is 469 g/mol. The molecule has 2 atom stereocenters. The summed E-state index contributed by atoms with van der Waals surface area (Å²) in [6, 6.07) is 16.3. The van der Waals surface area contributed by atoms with Gasteiger partial charge >= 0.3 is 0 Å². The molecule has 3 aromatic carbocycles. The zero-order chi connectivity index (χ0) is 24.8. The maximum Gasteiger partial charge on any atom is 0.130 e. The number of benzene rings is 3. The van der Waals surface area contributed by atoms with Crippen LogP contribution in [-0.4, -0.2) is 29.8 Å². The molecule has 36 heavy (non-hydrogen) atoms. The number of rotatable bonds is 7. The monoisotopic (exact) mass is 503 g/mol. The van der Waals surface area contributed by atoms with Gasteiger partial charge in [-0.3, -0.25) is 0 Å².